The maximum atomic E-state index is 6.13. The first-order chi connectivity index (χ1) is 8.49. The van der Waals surface area contributed by atoms with Crippen LogP contribution in [-0.2, 0) is 11.3 Å². The Kier molecular flexibility index (Phi) is 4.05. The fourth-order valence-corrected chi connectivity index (χ4v) is 2.68. The first-order valence-corrected chi connectivity index (χ1v) is 6.57. The lowest BCUT2D eigenvalue weighted by Gasteiger charge is -2.32. The Hall–Kier alpha value is -0.900. The molecule has 1 saturated heterocycles. The molecule has 1 aromatic carbocycles. The molecule has 0 spiro atoms. The zero-order valence-corrected chi connectivity index (χ0v) is 11.6. The monoisotopic (exact) mass is 248 g/mol. The van der Waals surface area contributed by atoms with Crippen molar-refractivity contribution < 1.29 is 4.74 Å². The predicted molar refractivity (Wildman–Crippen MR) is 74.4 cm³/mol. The van der Waals surface area contributed by atoms with Crippen molar-refractivity contribution in [1.82, 2.24) is 4.90 Å². The highest BCUT2D eigenvalue weighted by molar-refractivity contribution is 5.22. The van der Waals surface area contributed by atoms with Gasteiger partial charge in [0.15, 0.2) is 0 Å². The van der Waals surface area contributed by atoms with Gasteiger partial charge in [-0.15, -0.1) is 0 Å². The van der Waals surface area contributed by atoms with Crippen LogP contribution in [0.25, 0.3) is 0 Å². The number of hydrogen-bond donors (Lipinski definition) is 1. The molecule has 2 unspecified atom stereocenters. The molecule has 3 nitrogen and oxygen atoms in total. The summed E-state index contributed by atoms with van der Waals surface area (Å²) in [6, 6.07) is 8.81. The van der Waals surface area contributed by atoms with Gasteiger partial charge in [0.1, 0.15) is 0 Å². The van der Waals surface area contributed by atoms with Gasteiger partial charge >= 0.3 is 0 Å². The molecule has 1 heterocycles. The molecule has 1 fully saturated rings. The number of hydrogen-bond acceptors (Lipinski definition) is 3. The average Bonchev–Trinajstić information content (AvgIpc) is 2.58. The summed E-state index contributed by atoms with van der Waals surface area (Å²) in [5, 5.41) is 0. The van der Waals surface area contributed by atoms with Gasteiger partial charge in [0.05, 0.1) is 13.2 Å². The molecule has 2 atom stereocenters. The Morgan fingerprint density at radius 3 is 2.89 bits per heavy atom. The quantitative estimate of drug-likeness (QED) is 0.883. The van der Waals surface area contributed by atoms with Gasteiger partial charge in [-0.3, -0.25) is 0 Å². The Morgan fingerprint density at radius 1 is 1.50 bits per heavy atom. The molecule has 2 rings (SSSR count). The lowest BCUT2D eigenvalue weighted by molar-refractivity contribution is 0.128. The second-order valence-electron chi connectivity index (χ2n) is 5.94. The van der Waals surface area contributed by atoms with Gasteiger partial charge in [0.2, 0.25) is 0 Å². The third-order valence-corrected chi connectivity index (χ3v) is 3.79. The van der Waals surface area contributed by atoms with E-state index in [2.05, 4.69) is 50.1 Å². The Balaban J connectivity index is 1.94. The van der Waals surface area contributed by atoms with E-state index >= 15 is 0 Å². The van der Waals surface area contributed by atoms with E-state index in [1.165, 1.54) is 11.1 Å². The van der Waals surface area contributed by atoms with Crippen molar-refractivity contribution >= 4 is 0 Å². The first-order valence-electron chi connectivity index (χ1n) is 6.57. The fraction of sp³-hybridized carbons (Fsp3) is 0.600. The smallest absolute Gasteiger partial charge is 0.0624 e. The van der Waals surface area contributed by atoms with Crippen LogP contribution in [0.5, 0.6) is 0 Å². The normalized spacial score (nSPS) is 27.9. The summed E-state index contributed by atoms with van der Waals surface area (Å²) in [6.07, 6.45) is 0. The molecule has 0 bridgehead atoms. The second-order valence-corrected chi connectivity index (χ2v) is 5.94. The summed E-state index contributed by atoms with van der Waals surface area (Å²) in [7, 11) is 2.15. The van der Waals surface area contributed by atoms with E-state index < -0.39 is 0 Å². The van der Waals surface area contributed by atoms with Crippen molar-refractivity contribution in [2.75, 3.05) is 26.8 Å². The maximum absolute atomic E-state index is 6.13. The summed E-state index contributed by atoms with van der Waals surface area (Å²) in [6.45, 7) is 7.75. The Bertz CT molecular complexity index is 407. The molecule has 0 aliphatic carbocycles. The minimum absolute atomic E-state index is 0.0819. The topological polar surface area (TPSA) is 38.5 Å². The maximum Gasteiger partial charge on any atom is 0.0624 e. The molecule has 1 aromatic rings. The summed E-state index contributed by atoms with van der Waals surface area (Å²) < 4.78 is 5.49. The molecule has 2 N–H and O–H groups in total. The molecule has 0 radical (unpaired) electrons. The highest BCUT2D eigenvalue weighted by Crippen LogP contribution is 2.28. The minimum Gasteiger partial charge on any atom is -0.379 e. The SMILES string of the molecule is Cc1cccc(CN(C)CC2(C)COCC2N)c1. The molecule has 0 amide bonds. The summed E-state index contributed by atoms with van der Waals surface area (Å²) in [4.78, 5) is 2.34. The summed E-state index contributed by atoms with van der Waals surface area (Å²) in [5.74, 6) is 0. The Morgan fingerprint density at radius 2 is 2.28 bits per heavy atom. The standard InChI is InChI=1S/C15H24N2O/c1-12-5-4-6-13(7-12)8-17(3)10-15(2)11-18-9-14(15)16/h4-7,14H,8-11,16H2,1-3H3. The van der Waals surface area contributed by atoms with Gasteiger partial charge in [-0.05, 0) is 19.5 Å². The van der Waals surface area contributed by atoms with E-state index in [9.17, 15) is 0 Å². The fourth-order valence-electron chi connectivity index (χ4n) is 2.68. The molecule has 0 aromatic heterocycles. The van der Waals surface area contributed by atoms with Crippen LogP contribution in [0.2, 0.25) is 0 Å². The lowest BCUT2D eigenvalue weighted by atomic mass is 9.85. The Labute approximate surface area is 110 Å². The molecule has 0 saturated carbocycles. The van der Waals surface area contributed by atoms with Gasteiger partial charge in [-0.2, -0.15) is 0 Å². The van der Waals surface area contributed by atoms with Gasteiger partial charge in [0, 0.05) is 24.5 Å². The molecular formula is C15H24N2O. The summed E-state index contributed by atoms with van der Waals surface area (Å²) in [5.41, 5.74) is 8.88. The van der Waals surface area contributed by atoms with Crippen LogP contribution in [0.15, 0.2) is 24.3 Å². The van der Waals surface area contributed by atoms with Gasteiger partial charge < -0.3 is 15.4 Å². The zero-order valence-electron chi connectivity index (χ0n) is 11.6. The van der Waals surface area contributed by atoms with E-state index in [0.29, 0.717) is 6.61 Å². The largest absolute Gasteiger partial charge is 0.379 e. The highest BCUT2D eigenvalue weighted by Gasteiger charge is 2.38. The van der Waals surface area contributed by atoms with Crippen molar-refractivity contribution in [2.24, 2.45) is 11.1 Å². The number of ether oxygens (including phenoxy) is 1. The number of rotatable bonds is 4. The van der Waals surface area contributed by atoms with Crippen molar-refractivity contribution in [2.45, 2.75) is 26.4 Å². The zero-order chi connectivity index (χ0) is 13.2. The molecule has 100 valence electrons. The van der Waals surface area contributed by atoms with Crippen LogP contribution >= 0.6 is 0 Å². The van der Waals surface area contributed by atoms with Gasteiger partial charge in [-0.25, -0.2) is 0 Å². The molecule has 1 aliphatic rings. The van der Waals surface area contributed by atoms with Crippen molar-refractivity contribution in [3.63, 3.8) is 0 Å². The van der Waals surface area contributed by atoms with Gasteiger partial charge in [0.25, 0.3) is 0 Å². The lowest BCUT2D eigenvalue weighted by Crippen LogP contribution is -2.45. The van der Waals surface area contributed by atoms with E-state index in [1.54, 1.807) is 0 Å². The number of nitrogens with two attached hydrogens (primary N) is 1. The van der Waals surface area contributed by atoms with Crippen LogP contribution in [-0.4, -0.2) is 37.7 Å². The van der Waals surface area contributed by atoms with Crippen LogP contribution in [0.4, 0.5) is 0 Å². The van der Waals surface area contributed by atoms with Crippen molar-refractivity contribution in [1.29, 1.82) is 0 Å². The van der Waals surface area contributed by atoms with Crippen molar-refractivity contribution in [3.8, 4) is 0 Å². The number of nitrogens with zero attached hydrogens (tertiary/aromatic N) is 1. The predicted octanol–water partition coefficient (Wildman–Crippen LogP) is 1.79. The molecule has 3 heteroatoms. The number of aryl methyl sites for hydroxylation is 1. The molecular weight excluding hydrogens is 224 g/mol. The average molecular weight is 248 g/mol. The van der Waals surface area contributed by atoms with E-state index in [4.69, 9.17) is 10.5 Å². The highest BCUT2D eigenvalue weighted by atomic mass is 16.5. The van der Waals surface area contributed by atoms with Crippen LogP contribution in [0.1, 0.15) is 18.1 Å². The van der Waals surface area contributed by atoms with E-state index in [-0.39, 0.29) is 11.5 Å². The van der Waals surface area contributed by atoms with Crippen LogP contribution in [0, 0.1) is 12.3 Å². The van der Waals surface area contributed by atoms with Crippen LogP contribution in [0.3, 0.4) is 0 Å². The van der Waals surface area contributed by atoms with Crippen LogP contribution < -0.4 is 5.73 Å². The van der Waals surface area contributed by atoms with E-state index in [1.807, 2.05) is 0 Å². The molecule has 1 aliphatic heterocycles. The number of benzene rings is 1. The first kappa shape index (κ1) is 13.5. The minimum atomic E-state index is 0.0819. The van der Waals surface area contributed by atoms with Crippen molar-refractivity contribution in [3.05, 3.63) is 35.4 Å². The van der Waals surface area contributed by atoms with E-state index in [0.717, 1.165) is 19.7 Å². The second kappa shape index (κ2) is 5.39. The third-order valence-electron chi connectivity index (χ3n) is 3.79. The summed E-state index contributed by atoms with van der Waals surface area (Å²) >= 11 is 0. The third kappa shape index (κ3) is 3.10. The van der Waals surface area contributed by atoms with Gasteiger partial charge in [-0.1, -0.05) is 36.8 Å². The molecule has 18 heavy (non-hydrogen) atoms.